The van der Waals surface area contributed by atoms with Crippen molar-refractivity contribution in [2.75, 3.05) is 13.1 Å². The molecule has 5 heteroatoms. The fraction of sp³-hybridized carbons (Fsp3) is 0.750. The number of hydrogen-bond acceptors (Lipinski definition) is 2. The Morgan fingerprint density at radius 3 is 2.43 bits per heavy atom. The van der Waals surface area contributed by atoms with Gasteiger partial charge in [-0.2, -0.15) is 0 Å². The molecule has 0 unspecified atom stereocenters. The van der Waals surface area contributed by atoms with E-state index in [0.717, 1.165) is 32.1 Å². The van der Waals surface area contributed by atoms with E-state index in [1.165, 1.54) is 0 Å². The van der Waals surface area contributed by atoms with Crippen molar-refractivity contribution in [3.8, 4) is 0 Å². The molecule has 0 aromatic carbocycles. The standard InChI is InChI=1S/C16H28N2O3/c1-4-10-18(13(2)3)15(21)17-12-16(11-14(19)20)8-6-5-7-9-16/h4,13H,1,5-12H2,2-3H3,(H,17,21)(H,19,20). The Labute approximate surface area is 127 Å². The third kappa shape index (κ3) is 5.40. The first kappa shape index (κ1) is 17.5. The Balaban J connectivity index is 2.65. The molecule has 0 aliphatic heterocycles. The summed E-state index contributed by atoms with van der Waals surface area (Å²) >= 11 is 0. The van der Waals surface area contributed by atoms with Gasteiger partial charge in [0.15, 0.2) is 0 Å². The molecular formula is C16H28N2O3. The predicted octanol–water partition coefficient (Wildman–Crippen LogP) is 3.02. The summed E-state index contributed by atoms with van der Waals surface area (Å²) in [5, 5.41) is 12.1. The van der Waals surface area contributed by atoms with Gasteiger partial charge in [0.1, 0.15) is 0 Å². The van der Waals surface area contributed by atoms with Crippen LogP contribution in [0.2, 0.25) is 0 Å². The zero-order chi connectivity index (χ0) is 15.9. The van der Waals surface area contributed by atoms with Gasteiger partial charge in [0.2, 0.25) is 0 Å². The lowest BCUT2D eigenvalue weighted by Crippen LogP contribution is -2.48. The molecule has 5 nitrogen and oxygen atoms in total. The Bertz CT molecular complexity index is 374. The molecule has 120 valence electrons. The minimum absolute atomic E-state index is 0.0878. The molecule has 1 aliphatic carbocycles. The first-order valence-corrected chi connectivity index (χ1v) is 7.77. The van der Waals surface area contributed by atoms with Crippen LogP contribution in [0.5, 0.6) is 0 Å². The summed E-state index contributed by atoms with van der Waals surface area (Å²) in [6.07, 6.45) is 6.84. The van der Waals surface area contributed by atoms with Gasteiger partial charge in [0, 0.05) is 19.1 Å². The number of hydrogen-bond donors (Lipinski definition) is 2. The van der Waals surface area contributed by atoms with Crippen molar-refractivity contribution in [3.63, 3.8) is 0 Å². The molecule has 0 spiro atoms. The summed E-state index contributed by atoms with van der Waals surface area (Å²) in [6.45, 7) is 8.52. The minimum Gasteiger partial charge on any atom is -0.481 e. The van der Waals surface area contributed by atoms with Crippen molar-refractivity contribution in [2.45, 2.75) is 58.4 Å². The first-order chi connectivity index (χ1) is 9.90. The smallest absolute Gasteiger partial charge is 0.317 e. The fourth-order valence-electron chi connectivity index (χ4n) is 3.07. The second-order valence-corrected chi connectivity index (χ2v) is 6.32. The molecule has 1 saturated carbocycles. The summed E-state index contributed by atoms with van der Waals surface area (Å²) in [6, 6.07) is -0.0509. The monoisotopic (exact) mass is 296 g/mol. The predicted molar refractivity (Wildman–Crippen MR) is 83.2 cm³/mol. The molecule has 0 radical (unpaired) electrons. The fourth-order valence-corrected chi connectivity index (χ4v) is 3.07. The van der Waals surface area contributed by atoms with Crippen molar-refractivity contribution in [1.82, 2.24) is 10.2 Å². The number of rotatable bonds is 7. The van der Waals surface area contributed by atoms with E-state index in [1.54, 1.807) is 11.0 Å². The van der Waals surface area contributed by atoms with E-state index < -0.39 is 5.97 Å². The number of carbonyl (C=O) groups excluding carboxylic acids is 1. The minimum atomic E-state index is -0.780. The average Bonchev–Trinajstić information content (AvgIpc) is 2.42. The molecule has 0 saturated heterocycles. The number of aliphatic carboxylic acids is 1. The third-order valence-corrected chi connectivity index (χ3v) is 4.27. The van der Waals surface area contributed by atoms with Gasteiger partial charge in [-0.25, -0.2) is 4.79 Å². The molecule has 21 heavy (non-hydrogen) atoms. The van der Waals surface area contributed by atoms with E-state index in [9.17, 15) is 9.59 Å². The van der Waals surface area contributed by atoms with Crippen molar-refractivity contribution in [1.29, 1.82) is 0 Å². The van der Waals surface area contributed by atoms with Crippen LogP contribution in [0.25, 0.3) is 0 Å². The number of amides is 2. The van der Waals surface area contributed by atoms with Crippen LogP contribution in [0.15, 0.2) is 12.7 Å². The maximum Gasteiger partial charge on any atom is 0.317 e. The van der Waals surface area contributed by atoms with Crippen LogP contribution in [0.1, 0.15) is 52.4 Å². The Morgan fingerprint density at radius 2 is 1.95 bits per heavy atom. The normalized spacial score (nSPS) is 17.3. The molecule has 0 heterocycles. The number of nitrogens with zero attached hydrogens (tertiary/aromatic N) is 1. The molecule has 2 N–H and O–H groups in total. The number of carboxylic acid groups (broad SMARTS) is 1. The zero-order valence-corrected chi connectivity index (χ0v) is 13.2. The molecule has 0 aromatic rings. The van der Waals surface area contributed by atoms with Gasteiger partial charge in [0.25, 0.3) is 0 Å². The van der Waals surface area contributed by atoms with Crippen LogP contribution in [-0.2, 0) is 4.79 Å². The van der Waals surface area contributed by atoms with Crippen LogP contribution in [0.3, 0.4) is 0 Å². The van der Waals surface area contributed by atoms with Crippen molar-refractivity contribution < 1.29 is 14.7 Å². The molecule has 0 aromatic heterocycles. The van der Waals surface area contributed by atoms with Crippen LogP contribution < -0.4 is 5.32 Å². The average molecular weight is 296 g/mol. The lowest BCUT2D eigenvalue weighted by atomic mass is 9.72. The van der Waals surface area contributed by atoms with Crippen LogP contribution in [0, 0.1) is 5.41 Å². The highest BCUT2D eigenvalue weighted by atomic mass is 16.4. The number of carbonyl (C=O) groups is 2. The highest BCUT2D eigenvalue weighted by molar-refractivity contribution is 5.75. The van der Waals surface area contributed by atoms with Gasteiger partial charge in [-0.1, -0.05) is 25.3 Å². The second-order valence-electron chi connectivity index (χ2n) is 6.32. The number of nitrogens with one attached hydrogen (secondary N) is 1. The molecule has 0 bridgehead atoms. The van der Waals surface area contributed by atoms with Crippen LogP contribution in [-0.4, -0.2) is 41.1 Å². The van der Waals surface area contributed by atoms with E-state index in [-0.39, 0.29) is 23.9 Å². The topological polar surface area (TPSA) is 69.6 Å². The van der Waals surface area contributed by atoms with E-state index in [2.05, 4.69) is 11.9 Å². The highest BCUT2D eigenvalue weighted by Crippen LogP contribution is 2.38. The molecule has 0 atom stereocenters. The maximum atomic E-state index is 12.3. The van der Waals surface area contributed by atoms with Crippen molar-refractivity contribution in [2.24, 2.45) is 5.41 Å². The molecule has 1 fully saturated rings. The lowest BCUT2D eigenvalue weighted by Gasteiger charge is -2.37. The van der Waals surface area contributed by atoms with E-state index in [1.807, 2.05) is 13.8 Å². The molecular weight excluding hydrogens is 268 g/mol. The Morgan fingerprint density at radius 1 is 1.33 bits per heavy atom. The number of urea groups is 1. The van der Waals surface area contributed by atoms with E-state index in [4.69, 9.17) is 5.11 Å². The van der Waals surface area contributed by atoms with Crippen molar-refractivity contribution >= 4 is 12.0 Å². The van der Waals surface area contributed by atoms with Gasteiger partial charge in [-0.05, 0) is 32.1 Å². The van der Waals surface area contributed by atoms with E-state index >= 15 is 0 Å². The van der Waals surface area contributed by atoms with E-state index in [0.29, 0.717) is 13.1 Å². The zero-order valence-electron chi connectivity index (χ0n) is 13.2. The molecule has 1 rings (SSSR count). The highest BCUT2D eigenvalue weighted by Gasteiger charge is 2.35. The van der Waals surface area contributed by atoms with Gasteiger partial charge < -0.3 is 15.3 Å². The third-order valence-electron chi connectivity index (χ3n) is 4.27. The quantitative estimate of drug-likeness (QED) is 0.709. The van der Waals surface area contributed by atoms with Gasteiger partial charge in [-0.3, -0.25) is 4.79 Å². The second kappa shape index (κ2) is 8.05. The summed E-state index contributed by atoms with van der Waals surface area (Å²) in [5.74, 6) is -0.780. The van der Waals surface area contributed by atoms with Gasteiger partial charge >= 0.3 is 12.0 Å². The molecule has 2 amide bonds. The summed E-state index contributed by atoms with van der Waals surface area (Å²) in [7, 11) is 0. The van der Waals surface area contributed by atoms with Gasteiger partial charge in [-0.15, -0.1) is 6.58 Å². The summed E-state index contributed by atoms with van der Waals surface area (Å²) < 4.78 is 0. The van der Waals surface area contributed by atoms with Gasteiger partial charge in [0.05, 0.1) is 6.42 Å². The maximum absolute atomic E-state index is 12.3. The molecule has 1 aliphatic rings. The SMILES string of the molecule is C=CCN(C(=O)NCC1(CC(=O)O)CCCCC1)C(C)C. The number of carboxylic acids is 1. The Hall–Kier alpha value is -1.52. The lowest BCUT2D eigenvalue weighted by molar-refractivity contribution is -0.140. The van der Waals surface area contributed by atoms with Crippen molar-refractivity contribution in [3.05, 3.63) is 12.7 Å². The van der Waals surface area contributed by atoms with Crippen LogP contribution in [0.4, 0.5) is 4.79 Å². The largest absolute Gasteiger partial charge is 0.481 e. The Kier molecular flexibility index (Phi) is 6.72. The first-order valence-electron chi connectivity index (χ1n) is 7.77. The van der Waals surface area contributed by atoms with Crippen LogP contribution >= 0.6 is 0 Å². The summed E-state index contributed by atoms with van der Waals surface area (Å²) in [4.78, 5) is 25.1. The summed E-state index contributed by atoms with van der Waals surface area (Å²) in [5.41, 5.74) is -0.281.